The van der Waals surface area contributed by atoms with E-state index in [1.54, 1.807) is 6.07 Å². The lowest BCUT2D eigenvalue weighted by atomic mass is 9.87. The largest absolute Gasteiger partial charge is 0.357 e. The first kappa shape index (κ1) is 13.2. The van der Waals surface area contributed by atoms with Gasteiger partial charge in [-0.05, 0) is 43.7 Å². The molecule has 0 atom stereocenters. The van der Waals surface area contributed by atoms with E-state index in [9.17, 15) is 0 Å². The van der Waals surface area contributed by atoms with Crippen molar-refractivity contribution in [2.75, 3.05) is 11.9 Å². The van der Waals surface area contributed by atoms with Crippen molar-refractivity contribution in [3.63, 3.8) is 0 Å². The highest BCUT2D eigenvalue weighted by Gasteiger charge is 2.22. The molecule has 3 nitrogen and oxygen atoms in total. The number of pyridine rings is 1. The smallest absolute Gasteiger partial charge is 0.161 e. The summed E-state index contributed by atoms with van der Waals surface area (Å²) in [6.07, 6.45) is 4.94. The summed E-state index contributed by atoms with van der Waals surface area (Å²) in [6, 6.07) is 6.20. The second-order valence-corrected chi connectivity index (χ2v) is 5.54. The van der Waals surface area contributed by atoms with Gasteiger partial charge >= 0.3 is 0 Å². The molecule has 2 rings (SSSR count). The monoisotopic (exact) mass is 263 g/mol. The molecule has 0 bridgehead atoms. The Morgan fingerprint density at radius 2 is 2.00 bits per heavy atom. The highest BCUT2D eigenvalue weighted by Crippen LogP contribution is 2.29. The fourth-order valence-corrected chi connectivity index (χ4v) is 2.67. The average Bonchev–Trinajstić information content (AvgIpc) is 2.39. The van der Waals surface area contributed by atoms with Gasteiger partial charge in [0.25, 0.3) is 0 Å². The van der Waals surface area contributed by atoms with E-state index >= 15 is 0 Å². The van der Waals surface area contributed by atoms with Gasteiger partial charge in [-0.1, -0.05) is 18.5 Å². The highest BCUT2D eigenvalue weighted by atomic mass is 35.5. The van der Waals surface area contributed by atoms with Crippen LogP contribution < -0.4 is 4.90 Å². The first-order chi connectivity index (χ1) is 8.61. The zero-order chi connectivity index (χ0) is 13.1. The van der Waals surface area contributed by atoms with Crippen molar-refractivity contribution in [2.45, 2.75) is 38.6 Å². The Morgan fingerprint density at radius 3 is 2.61 bits per heavy atom. The van der Waals surface area contributed by atoms with Crippen LogP contribution >= 0.6 is 11.6 Å². The van der Waals surface area contributed by atoms with Crippen molar-refractivity contribution in [1.29, 1.82) is 5.26 Å². The Hall–Kier alpha value is -1.27. The van der Waals surface area contributed by atoms with E-state index in [2.05, 4.69) is 23.9 Å². The molecule has 96 valence electrons. The second kappa shape index (κ2) is 5.58. The minimum absolute atomic E-state index is 0.310. The lowest BCUT2D eigenvalue weighted by Crippen LogP contribution is -2.35. The van der Waals surface area contributed by atoms with E-state index in [0.29, 0.717) is 16.8 Å². The maximum absolute atomic E-state index is 8.95. The van der Waals surface area contributed by atoms with Crippen molar-refractivity contribution in [3.05, 3.63) is 22.8 Å². The summed E-state index contributed by atoms with van der Waals surface area (Å²) in [5.74, 6) is 1.68. The molecule has 1 saturated carbocycles. The first-order valence-electron chi connectivity index (χ1n) is 6.41. The van der Waals surface area contributed by atoms with Gasteiger partial charge in [0.1, 0.15) is 11.9 Å². The van der Waals surface area contributed by atoms with E-state index in [4.69, 9.17) is 16.9 Å². The molecule has 1 aromatic heterocycles. The van der Waals surface area contributed by atoms with Crippen molar-refractivity contribution in [1.82, 2.24) is 4.98 Å². The second-order valence-electron chi connectivity index (χ2n) is 5.14. The Labute approximate surface area is 113 Å². The van der Waals surface area contributed by atoms with Gasteiger partial charge in [0, 0.05) is 13.1 Å². The summed E-state index contributed by atoms with van der Waals surface area (Å²) in [5.41, 5.74) is 0.310. The van der Waals surface area contributed by atoms with E-state index in [1.807, 2.05) is 12.1 Å². The van der Waals surface area contributed by atoms with Crippen LogP contribution in [-0.2, 0) is 0 Å². The Morgan fingerprint density at radius 1 is 1.33 bits per heavy atom. The molecule has 0 spiro atoms. The van der Waals surface area contributed by atoms with Crippen LogP contribution in [0.2, 0.25) is 5.02 Å². The number of anilines is 1. The van der Waals surface area contributed by atoms with Gasteiger partial charge < -0.3 is 4.90 Å². The third-order valence-electron chi connectivity index (χ3n) is 3.83. The van der Waals surface area contributed by atoms with Gasteiger partial charge in [0.2, 0.25) is 0 Å². The first-order valence-corrected chi connectivity index (χ1v) is 6.79. The van der Waals surface area contributed by atoms with Gasteiger partial charge in [-0.2, -0.15) is 5.26 Å². The Balaban J connectivity index is 2.14. The molecule has 4 heteroatoms. The summed E-state index contributed by atoms with van der Waals surface area (Å²) in [7, 11) is 2.05. The lowest BCUT2D eigenvalue weighted by Gasteiger charge is -2.34. The van der Waals surface area contributed by atoms with Crippen molar-refractivity contribution >= 4 is 17.4 Å². The molecule has 18 heavy (non-hydrogen) atoms. The van der Waals surface area contributed by atoms with E-state index < -0.39 is 0 Å². The van der Waals surface area contributed by atoms with Crippen LogP contribution in [0.5, 0.6) is 0 Å². The Kier molecular flexibility index (Phi) is 4.08. The minimum atomic E-state index is 0.310. The molecule has 0 amide bonds. The topological polar surface area (TPSA) is 39.9 Å². The SMILES string of the molecule is CC1CCC(N(C)c2ccc(Cl)c(C#N)n2)CC1. The molecule has 0 N–H and O–H groups in total. The quantitative estimate of drug-likeness (QED) is 0.818. The molecule has 1 aliphatic carbocycles. The number of nitrogens with zero attached hydrogens (tertiary/aromatic N) is 3. The summed E-state index contributed by atoms with van der Waals surface area (Å²) in [6.45, 7) is 2.31. The molecule has 1 aliphatic rings. The minimum Gasteiger partial charge on any atom is -0.357 e. The molecule has 0 aliphatic heterocycles. The number of nitriles is 1. The molecule has 1 aromatic rings. The predicted molar refractivity (Wildman–Crippen MR) is 73.8 cm³/mol. The van der Waals surface area contributed by atoms with Gasteiger partial charge in [0.05, 0.1) is 5.02 Å². The summed E-state index contributed by atoms with van der Waals surface area (Å²) in [5, 5.41) is 9.38. The molecular weight excluding hydrogens is 246 g/mol. The number of aromatic nitrogens is 1. The number of hydrogen-bond donors (Lipinski definition) is 0. The number of halogens is 1. The molecule has 0 saturated heterocycles. The van der Waals surface area contributed by atoms with Crippen molar-refractivity contribution in [2.24, 2.45) is 5.92 Å². The standard InChI is InChI=1S/C14H18ClN3/c1-10-3-5-11(6-4-10)18(2)14-8-7-12(15)13(9-16)17-14/h7-8,10-11H,3-6H2,1-2H3. The highest BCUT2D eigenvalue weighted by molar-refractivity contribution is 6.31. The van der Waals surface area contributed by atoms with Crippen LogP contribution in [0.1, 0.15) is 38.3 Å². The maximum Gasteiger partial charge on any atom is 0.161 e. The lowest BCUT2D eigenvalue weighted by molar-refractivity contribution is 0.340. The predicted octanol–water partition coefficient (Wildman–Crippen LogP) is 3.62. The molecule has 0 aromatic carbocycles. The van der Waals surface area contributed by atoms with Crippen molar-refractivity contribution < 1.29 is 0 Å². The van der Waals surface area contributed by atoms with E-state index in [-0.39, 0.29) is 0 Å². The summed E-state index contributed by atoms with van der Waals surface area (Å²) >= 11 is 5.90. The van der Waals surface area contributed by atoms with E-state index in [0.717, 1.165) is 11.7 Å². The van der Waals surface area contributed by atoms with Crippen molar-refractivity contribution in [3.8, 4) is 6.07 Å². The van der Waals surface area contributed by atoms with Gasteiger partial charge in [0.15, 0.2) is 5.69 Å². The van der Waals surface area contributed by atoms with Crippen LogP contribution in [0, 0.1) is 17.2 Å². The zero-order valence-electron chi connectivity index (χ0n) is 10.9. The fraction of sp³-hybridized carbons (Fsp3) is 0.571. The Bertz CT molecular complexity index is 459. The normalized spacial score (nSPS) is 23.4. The summed E-state index contributed by atoms with van der Waals surface area (Å²) in [4.78, 5) is 6.50. The molecule has 0 unspecified atom stereocenters. The van der Waals surface area contributed by atoms with Gasteiger partial charge in [-0.3, -0.25) is 0 Å². The summed E-state index contributed by atoms with van der Waals surface area (Å²) < 4.78 is 0. The van der Waals surface area contributed by atoms with Gasteiger partial charge in [-0.15, -0.1) is 0 Å². The number of rotatable bonds is 2. The zero-order valence-corrected chi connectivity index (χ0v) is 11.6. The third-order valence-corrected chi connectivity index (χ3v) is 4.14. The molecule has 1 heterocycles. The van der Waals surface area contributed by atoms with Crippen LogP contribution in [0.3, 0.4) is 0 Å². The molecular formula is C14H18ClN3. The molecule has 1 fully saturated rings. The maximum atomic E-state index is 8.95. The van der Waals surface area contributed by atoms with Crippen LogP contribution in [0.4, 0.5) is 5.82 Å². The van der Waals surface area contributed by atoms with Crippen LogP contribution in [0.15, 0.2) is 12.1 Å². The molecule has 0 radical (unpaired) electrons. The van der Waals surface area contributed by atoms with Crippen LogP contribution in [-0.4, -0.2) is 18.1 Å². The number of hydrogen-bond acceptors (Lipinski definition) is 3. The average molecular weight is 264 g/mol. The third kappa shape index (κ3) is 2.76. The van der Waals surface area contributed by atoms with Crippen LogP contribution in [0.25, 0.3) is 0 Å². The van der Waals surface area contributed by atoms with Gasteiger partial charge in [-0.25, -0.2) is 4.98 Å². The van der Waals surface area contributed by atoms with E-state index in [1.165, 1.54) is 25.7 Å². The fourth-order valence-electron chi connectivity index (χ4n) is 2.52.